The van der Waals surface area contributed by atoms with Crippen LogP contribution in [0.1, 0.15) is 10.4 Å². The van der Waals surface area contributed by atoms with E-state index < -0.39 is 5.97 Å². The highest BCUT2D eigenvalue weighted by Crippen LogP contribution is 2.23. The van der Waals surface area contributed by atoms with E-state index in [1.54, 1.807) is 23.0 Å². The zero-order chi connectivity index (χ0) is 12.5. The van der Waals surface area contributed by atoms with Crippen LogP contribution >= 0.6 is 0 Å². The van der Waals surface area contributed by atoms with Crippen LogP contribution in [0, 0.1) is 0 Å². The Morgan fingerprint density at radius 3 is 2.61 bits per heavy atom. The van der Waals surface area contributed by atoms with Crippen molar-refractivity contribution in [1.29, 1.82) is 0 Å². The summed E-state index contributed by atoms with van der Waals surface area (Å²) in [4.78, 5) is 15.5. The van der Waals surface area contributed by atoms with Crippen molar-refractivity contribution < 1.29 is 9.90 Å². The highest BCUT2D eigenvalue weighted by atomic mass is 16.4. The Morgan fingerprint density at radius 2 is 1.89 bits per heavy atom. The zero-order valence-electron chi connectivity index (χ0n) is 9.45. The summed E-state index contributed by atoms with van der Waals surface area (Å²) in [5.41, 5.74) is 1.13. The van der Waals surface area contributed by atoms with Gasteiger partial charge in [0.2, 0.25) is 0 Å². The molecule has 4 nitrogen and oxygen atoms in total. The van der Waals surface area contributed by atoms with Crippen LogP contribution in [-0.2, 0) is 0 Å². The van der Waals surface area contributed by atoms with Crippen LogP contribution in [0.25, 0.3) is 16.7 Å². The fraction of sp³-hybridized carbons (Fsp3) is 0. The van der Waals surface area contributed by atoms with Gasteiger partial charge in [-0.15, -0.1) is 0 Å². The Bertz CT molecular complexity index is 717. The molecule has 3 aromatic rings. The normalized spacial score (nSPS) is 10.7. The smallest absolute Gasteiger partial charge is 0.337 e. The van der Waals surface area contributed by atoms with Crippen molar-refractivity contribution in [2.24, 2.45) is 0 Å². The van der Waals surface area contributed by atoms with Crippen LogP contribution in [0.5, 0.6) is 0 Å². The number of hydrogen-bond donors (Lipinski definition) is 1. The van der Waals surface area contributed by atoms with Crippen LogP contribution in [0.3, 0.4) is 0 Å². The second kappa shape index (κ2) is 4.00. The average Bonchev–Trinajstić information content (AvgIpc) is 2.79. The standard InChI is InChI=1S/C14H10N2O2/c17-14(18)11-9-16(13-7-3-4-8-15-13)12-6-2-1-5-10(11)12/h1-9H,(H,17,18). The maximum Gasteiger partial charge on any atom is 0.337 e. The van der Waals surface area contributed by atoms with Gasteiger partial charge in [-0.25, -0.2) is 9.78 Å². The Hall–Kier alpha value is -2.62. The number of pyridine rings is 1. The van der Waals surface area contributed by atoms with Crippen LogP contribution in [0.4, 0.5) is 0 Å². The fourth-order valence-corrected chi connectivity index (χ4v) is 2.04. The zero-order valence-corrected chi connectivity index (χ0v) is 9.45. The summed E-state index contributed by atoms with van der Waals surface area (Å²) >= 11 is 0. The Labute approximate surface area is 103 Å². The van der Waals surface area contributed by atoms with Crippen molar-refractivity contribution in [2.45, 2.75) is 0 Å². The van der Waals surface area contributed by atoms with Crippen molar-refractivity contribution >= 4 is 16.9 Å². The van der Waals surface area contributed by atoms with Crippen LogP contribution in [0.15, 0.2) is 54.9 Å². The van der Waals surface area contributed by atoms with Gasteiger partial charge in [0, 0.05) is 17.8 Å². The summed E-state index contributed by atoms with van der Waals surface area (Å²) in [6.07, 6.45) is 3.29. The molecule has 0 aliphatic rings. The number of carbonyl (C=O) groups is 1. The molecule has 18 heavy (non-hydrogen) atoms. The van der Waals surface area contributed by atoms with Crippen LogP contribution < -0.4 is 0 Å². The topological polar surface area (TPSA) is 55.1 Å². The lowest BCUT2D eigenvalue weighted by molar-refractivity contribution is 0.0699. The lowest BCUT2D eigenvalue weighted by Crippen LogP contribution is -1.96. The number of hydrogen-bond acceptors (Lipinski definition) is 2. The maximum atomic E-state index is 11.2. The fourth-order valence-electron chi connectivity index (χ4n) is 2.04. The number of rotatable bonds is 2. The molecule has 1 N–H and O–H groups in total. The van der Waals surface area contributed by atoms with Gasteiger partial charge in [0.05, 0.1) is 11.1 Å². The van der Waals surface area contributed by atoms with Crippen LogP contribution in [-0.4, -0.2) is 20.6 Å². The van der Waals surface area contributed by atoms with E-state index in [0.29, 0.717) is 5.82 Å². The van der Waals surface area contributed by atoms with Gasteiger partial charge in [0.1, 0.15) is 5.82 Å². The highest BCUT2D eigenvalue weighted by Gasteiger charge is 2.14. The largest absolute Gasteiger partial charge is 0.478 e. The first-order valence-corrected chi connectivity index (χ1v) is 5.52. The number of aromatic nitrogens is 2. The van der Waals surface area contributed by atoms with Crippen molar-refractivity contribution in [3.63, 3.8) is 0 Å². The Morgan fingerprint density at radius 1 is 1.11 bits per heavy atom. The lowest BCUT2D eigenvalue weighted by Gasteiger charge is -2.02. The molecule has 0 saturated heterocycles. The minimum Gasteiger partial charge on any atom is -0.478 e. The van der Waals surface area contributed by atoms with Gasteiger partial charge in [-0.3, -0.25) is 0 Å². The first kappa shape index (κ1) is 10.5. The number of benzene rings is 1. The summed E-state index contributed by atoms with van der Waals surface area (Å²) in [7, 11) is 0. The molecule has 0 radical (unpaired) electrons. The monoisotopic (exact) mass is 238 g/mol. The quantitative estimate of drug-likeness (QED) is 0.746. The first-order valence-electron chi connectivity index (χ1n) is 5.52. The minimum atomic E-state index is -0.930. The molecule has 0 amide bonds. The number of para-hydroxylation sites is 1. The summed E-state index contributed by atoms with van der Waals surface area (Å²) in [5, 5.41) is 9.93. The van der Waals surface area contributed by atoms with Crippen molar-refractivity contribution in [3.8, 4) is 5.82 Å². The molecular formula is C14H10N2O2. The number of nitrogens with zero attached hydrogens (tertiary/aromatic N) is 2. The summed E-state index contributed by atoms with van der Waals surface area (Å²) < 4.78 is 1.79. The van der Waals surface area contributed by atoms with E-state index >= 15 is 0 Å². The maximum absolute atomic E-state index is 11.2. The lowest BCUT2D eigenvalue weighted by atomic mass is 10.2. The van der Waals surface area contributed by atoms with E-state index in [1.165, 1.54) is 0 Å². The molecule has 4 heteroatoms. The van der Waals surface area contributed by atoms with E-state index in [-0.39, 0.29) is 5.56 Å². The van der Waals surface area contributed by atoms with Crippen molar-refractivity contribution in [1.82, 2.24) is 9.55 Å². The third kappa shape index (κ3) is 1.55. The Kier molecular flexibility index (Phi) is 2.34. The molecule has 3 rings (SSSR count). The Balaban J connectivity index is 2.34. The SMILES string of the molecule is O=C(O)c1cn(-c2ccccn2)c2ccccc12. The summed E-state index contributed by atoms with van der Waals surface area (Å²) in [6.45, 7) is 0. The van der Waals surface area contributed by atoms with Gasteiger partial charge in [-0.2, -0.15) is 0 Å². The van der Waals surface area contributed by atoms with Crippen molar-refractivity contribution in [2.75, 3.05) is 0 Å². The molecule has 2 heterocycles. The number of aromatic carboxylic acids is 1. The molecular weight excluding hydrogens is 228 g/mol. The minimum absolute atomic E-state index is 0.288. The molecule has 0 atom stereocenters. The second-order valence-corrected chi connectivity index (χ2v) is 3.92. The van der Waals surface area contributed by atoms with Gasteiger partial charge in [0.25, 0.3) is 0 Å². The molecule has 0 spiro atoms. The van der Waals surface area contributed by atoms with E-state index in [1.807, 2.05) is 36.4 Å². The molecule has 0 aliphatic heterocycles. The van der Waals surface area contributed by atoms with Gasteiger partial charge in [-0.05, 0) is 18.2 Å². The molecule has 0 bridgehead atoms. The molecule has 88 valence electrons. The van der Waals surface area contributed by atoms with E-state index in [2.05, 4.69) is 4.98 Å². The van der Waals surface area contributed by atoms with E-state index in [9.17, 15) is 9.90 Å². The first-order chi connectivity index (χ1) is 8.77. The third-order valence-electron chi connectivity index (χ3n) is 2.84. The molecule has 0 unspecified atom stereocenters. The van der Waals surface area contributed by atoms with Gasteiger partial charge >= 0.3 is 5.97 Å². The molecule has 0 saturated carbocycles. The van der Waals surface area contributed by atoms with E-state index in [0.717, 1.165) is 10.9 Å². The van der Waals surface area contributed by atoms with Gasteiger partial charge in [0.15, 0.2) is 0 Å². The predicted molar refractivity (Wildman–Crippen MR) is 68.0 cm³/mol. The summed E-state index contributed by atoms with van der Waals surface area (Å²) in [5.74, 6) is -0.220. The van der Waals surface area contributed by atoms with E-state index in [4.69, 9.17) is 0 Å². The molecule has 1 aromatic carbocycles. The molecule has 0 fully saturated rings. The second-order valence-electron chi connectivity index (χ2n) is 3.92. The van der Waals surface area contributed by atoms with Crippen LogP contribution in [0.2, 0.25) is 0 Å². The highest BCUT2D eigenvalue weighted by molar-refractivity contribution is 6.03. The van der Waals surface area contributed by atoms with Gasteiger partial charge in [-0.1, -0.05) is 24.3 Å². The van der Waals surface area contributed by atoms with Crippen molar-refractivity contribution in [3.05, 3.63) is 60.4 Å². The number of fused-ring (bicyclic) bond motifs is 1. The molecule has 0 aliphatic carbocycles. The third-order valence-corrected chi connectivity index (χ3v) is 2.84. The number of carboxylic acid groups (broad SMARTS) is 1. The number of carboxylic acids is 1. The predicted octanol–water partition coefficient (Wildman–Crippen LogP) is 2.72. The summed E-state index contributed by atoms with van der Waals surface area (Å²) in [6, 6.07) is 12.9. The molecule has 2 aromatic heterocycles. The van der Waals surface area contributed by atoms with Gasteiger partial charge < -0.3 is 9.67 Å². The average molecular weight is 238 g/mol.